The summed E-state index contributed by atoms with van der Waals surface area (Å²) in [4.78, 5) is 11.5. The van der Waals surface area contributed by atoms with Crippen molar-refractivity contribution >= 4 is 5.96 Å². The number of nitrogens with zero attached hydrogens (tertiary/aromatic N) is 3. The summed E-state index contributed by atoms with van der Waals surface area (Å²) in [6.45, 7) is 0.575. The maximum atomic E-state index is 5.42. The number of nitrogens with one attached hydrogen (secondary N) is 1. The van der Waals surface area contributed by atoms with Crippen LogP contribution in [-0.2, 0) is 6.54 Å². The van der Waals surface area contributed by atoms with Crippen LogP contribution in [0.3, 0.4) is 0 Å². The van der Waals surface area contributed by atoms with Gasteiger partial charge >= 0.3 is 0 Å². The number of hydrogen-bond donors (Lipinski definition) is 2. The molecule has 1 heterocycles. The summed E-state index contributed by atoms with van der Waals surface area (Å²) in [5, 5.41) is 2.89. The van der Waals surface area contributed by atoms with E-state index in [9.17, 15) is 0 Å². The van der Waals surface area contributed by atoms with Gasteiger partial charge in [-0.1, -0.05) is 0 Å². The third-order valence-corrected chi connectivity index (χ3v) is 1.33. The topological polar surface area (TPSA) is 76.2 Å². The lowest BCUT2D eigenvalue weighted by atomic mass is 10.4. The van der Waals surface area contributed by atoms with Crippen molar-refractivity contribution in [2.24, 2.45) is 10.7 Å². The Morgan fingerprint density at radius 1 is 1.75 bits per heavy atom. The molecule has 5 heteroatoms. The predicted molar refractivity (Wildman–Crippen MR) is 46.4 cm³/mol. The summed E-state index contributed by atoms with van der Waals surface area (Å²) >= 11 is 0. The molecule has 64 valence electrons. The molecule has 1 rings (SSSR count). The highest BCUT2D eigenvalue weighted by atomic mass is 15.1. The van der Waals surface area contributed by atoms with E-state index in [-0.39, 0.29) is 0 Å². The number of aliphatic imine (C=N–C) groups is 1. The van der Waals surface area contributed by atoms with Crippen molar-refractivity contribution in [3.8, 4) is 0 Å². The van der Waals surface area contributed by atoms with Crippen LogP contribution in [0, 0.1) is 0 Å². The molecule has 0 radical (unpaired) electrons. The Kier molecular flexibility index (Phi) is 3.01. The fourth-order valence-corrected chi connectivity index (χ4v) is 0.683. The molecule has 0 unspecified atom stereocenters. The van der Waals surface area contributed by atoms with Crippen molar-refractivity contribution < 1.29 is 0 Å². The van der Waals surface area contributed by atoms with Crippen LogP contribution in [0.4, 0.5) is 0 Å². The van der Waals surface area contributed by atoms with Crippen molar-refractivity contribution in [1.29, 1.82) is 0 Å². The molecular weight excluding hydrogens is 154 g/mol. The van der Waals surface area contributed by atoms with Crippen LogP contribution < -0.4 is 11.1 Å². The lowest BCUT2D eigenvalue weighted by Crippen LogP contribution is -2.31. The Morgan fingerprint density at radius 3 is 3.17 bits per heavy atom. The first kappa shape index (κ1) is 8.45. The standard InChI is InChI=1S/C7H11N5/c1-9-7(8)11-4-6-2-3-10-5-12-6/h2-3,5H,4H2,1H3,(H3,8,9,11). The van der Waals surface area contributed by atoms with E-state index in [1.54, 1.807) is 13.2 Å². The van der Waals surface area contributed by atoms with Crippen LogP contribution >= 0.6 is 0 Å². The van der Waals surface area contributed by atoms with Gasteiger partial charge in [0.05, 0.1) is 12.2 Å². The van der Waals surface area contributed by atoms with E-state index >= 15 is 0 Å². The molecule has 0 atom stereocenters. The Labute approximate surface area is 70.8 Å². The minimum atomic E-state index is 0.411. The highest BCUT2D eigenvalue weighted by Gasteiger charge is 1.92. The average Bonchev–Trinajstić information content (AvgIpc) is 2.16. The molecule has 1 aromatic rings. The number of hydrogen-bond acceptors (Lipinski definition) is 3. The quantitative estimate of drug-likeness (QED) is 0.458. The molecule has 5 nitrogen and oxygen atoms in total. The fraction of sp³-hybridized carbons (Fsp3) is 0.286. The molecule has 0 saturated carbocycles. The van der Waals surface area contributed by atoms with Gasteiger partial charge in [-0.05, 0) is 6.07 Å². The maximum absolute atomic E-state index is 5.42. The zero-order chi connectivity index (χ0) is 8.81. The monoisotopic (exact) mass is 165 g/mol. The van der Waals surface area contributed by atoms with E-state index in [0.717, 1.165) is 5.69 Å². The maximum Gasteiger partial charge on any atom is 0.188 e. The van der Waals surface area contributed by atoms with Crippen molar-refractivity contribution in [2.75, 3.05) is 7.05 Å². The van der Waals surface area contributed by atoms with E-state index in [0.29, 0.717) is 12.5 Å². The highest BCUT2D eigenvalue weighted by Crippen LogP contribution is 1.88. The molecule has 0 aliphatic rings. The number of guanidine groups is 1. The van der Waals surface area contributed by atoms with Gasteiger partial charge < -0.3 is 11.1 Å². The van der Waals surface area contributed by atoms with E-state index in [1.807, 2.05) is 6.07 Å². The average molecular weight is 165 g/mol. The van der Waals surface area contributed by atoms with Crippen molar-refractivity contribution in [1.82, 2.24) is 15.3 Å². The molecule has 0 amide bonds. The molecule has 0 bridgehead atoms. The molecule has 0 aromatic carbocycles. The Balaban J connectivity index is 2.44. The van der Waals surface area contributed by atoms with Gasteiger partial charge in [-0.2, -0.15) is 0 Å². The summed E-state index contributed by atoms with van der Waals surface area (Å²) in [6, 6.07) is 1.82. The summed E-state index contributed by atoms with van der Waals surface area (Å²) in [5.41, 5.74) is 6.30. The second-order valence-corrected chi connectivity index (χ2v) is 2.16. The summed E-state index contributed by atoms with van der Waals surface area (Å²) in [7, 11) is 1.63. The lowest BCUT2D eigenvalue weighted by Gasteiger charge is -2.02. The molecule has 0 aliphatic carbocycles. The van der Waals surface area contributed by atoms with Gasteiger partial charge in [-0.3, -0.25) is 4.99 Å². The lowest BCUT2D eigenvalue weighted by molar-refractivity contribution is 0.854. The van der Waals surface area contributed by atoms with Crippen LogP contribution in [0.5, 0.6) is 0 Å². The Morgan fingerprint density at radius 2 is 2.58 bits per heavy atom. The first-order valence-corrected chi connectivity index (χ1v) is 3.54. The second-order valence-electron chi connectivity index (χ2n) is 2.16. The number of aromatic nitrogens is 2. The Bertz CT molecular complexity index is 256. The van der Waals surface area contributed by atoms with Crippen LogP contribution in [0.15, 0.2) is 23.6 Å². The van der Waals surface area contributed by atoms with E-state index in [4.69, 9.17) is 5.73 Å². The van der Waals surface area contributed by atoms with Gasteiger partial charge in [0, 0.05) is 13.2 Å². The molecule has 0 saturated heterocycles. The van der Waals surface area contributed by atoms with Crippen LogP contribution in [0.2, 0.25) is 0 Å². The molecule has 0 aliphatic heterocycles. The van der Waals surface area contributed by atoms with Gasteiger partial charge in [0.25, 0.3) is 0 Å². The van der Waals surface area contributed by atoms with Crippen LogP contribution in [0.1, 0.15) is 5.69 Å². The van der Waals surface area contributed by atoms with Gasteiger partial charge in [0.2, 0.25) is 0 Å². The predicted octanol–water partition coefficient (Wildman–Crippen LogP) is -0.489. The molecule has 1 aromatic heterocycles. The fourth-order valence-electron chi connectivity index (χ4n) is 0.683. The molecule has 12 heavy (non-hydrogen) atoms. The smallest absolute Gasteiger partial charge is 0.188 e. The summed E-state index contributed by atoms with van der Waals surface area (Å²) < 4.78 is 0. The van der Waals surface area contributed by atoms with Gasteiger partial charge in [-0.25, -0.2) is 9.97 Å². The molecule has 3 N–H and O–H groups in total. The molecule has 0 fully saturated rings. The highest BCUT2D eigenvalue weighted by molar-refractivity contribution is 5.77. The second kappa shape index (κ2) is 4.27. The van der Waals surface area contributed by atoms with Gasteiger partial charge in [0.1, 0.15) is 6.33 Å². The van der Waals surface area contributed by atoms with E-state index in [1.165, 1.54) is 6.33 Å². The van der Waals surface area contributed by atoms with E-state index in [2.05, 4.69) is 20.3 Å². The zero-order valence-corrected chi connectivity index (χ0v) is 6.86. The van der Waals surface area contributed by atoms with Crippen molar-refractivity contribution in [3.63, 3.8) is 0 Å². The van der Waals surface area contributed by atoms with Crippen molar-refractivity contribution in [2.45, 2.75) is 6.54 Å². The normalized spacial score (nSPS) is 11.2. The first-order chi connectivity index (χ1) is 5.83. The summed E-state index contributed by atoms with van der Waals surface area (Å²) in [6.07, 6.45) is 3.18. The number of nitrogens with two attached hydrogens (primary N) is 1. The summed E-state index contributed by atoms with van der Waals surface area (Å²) in [5.74, 6) is 0.411. The zero-order valence-electron chi connectivity index (χ0n) is 6.86. The van der Waals surface area contributed by atoms with Crippen LogP contribution in [-0.4, -0.2) is 23.0 Å². The van der Waals surface area contributed by atoms with Crippen LogP contribution in [0.25, 0.3) is 0 Å². The third-order valence-electron chi connectivity index (χ3n) is 1.33. The first-order valence-electron chi connectivity index (χ1n) is 3.54. The van der Waals surface area contributed by atoms with Gasteiger partial charge in [-0.15, -0.1) is 0 Å². The Hall–Kier alpha value is -1.65. The molecular formula is C7H11N5. The molecule has 0 spiro atoms. The van der Waals surface area contributed by atoms with Gasteiger partial charge in [0.15, 0.2) is 5.96 Å². The SMILES string of the molecule is CN=C(N)NCc1ccncn1. The largest absolute Gasteiger partial charge is 0.370 e. The minimum absolute atomic E-state index is 0.411. The third kappa shape index (κ3) is 2.53. The minimum Gasteiger partial charge on any atom is -0.370 e. The van der Waals surface area contributed by atoms with E-state index < -0.39 is 0 Å². The van der Waals surface area contributed by atoms with Crippen molar-refractivity contribution in [3.05, 3.63) is 24.3 Å². The number of rotatable bonds is 2.